The van der Waals surface area contributed by atoms with Crippen LogP contribution in [0.15, 0.2) is 11.1 Å². The zero-order valence-electron chi connectivity index (χ0n) is 7.15. The second-order valence-corrected chi connectivity index (χ2v) is 4.02. The molecule has 2 atom stereocenters. The highest BCUT2D eigenvalue weighted by atomic mass is 14.5. The second kappa shape index (κ2) is 1.87. The van der Waals surface area contributed by atoms with Crippen LogP contribution in [0.4, 0.5) is 0 Å². The van der Waals surface area contributed by atoms with Crippen LogP contribution in [0.25, 0.3) is 0 Å². The maximum Gasteiger partial charge on any atom is -0.0172 e. The molecule has 0 N–H and O–H groups in total. The van der Waals surface area contributed by atoms with Gasteiger partial charge < -0.3 is 0 Å². The average Bonchev–Trinajstić information content (AvgIpc) is 2.34. The van der Waals surface area contributed by atoms with E-state index in [0.717, 1.165) is 17.8 Å². The van der Waals surface area contributed by atoms with E-state index in [1.165, 1.54) is 12.8 Å². The Morgan fingerprint density at radius 1 is 1.00 bits per heavy atom. The van der Waals surface area contributed by atoms with Gasteiger partial charge in [0.2, 0.25) is 0 Å². The molecule has 0 aromatic rings. The molecule has 0 spiro atoms. The van der Waals surface area contributed by atoms with Gasteiger partial charge in [-0.3, -0.25) is 0 Å². The minimum Gasteiger partial charge on any atom is -0.0707 e. The molecule has 0 radical (unpaired) electrons. The summed E-state index contributed by atoms with van der Waals surface area (Å²) in [6, 6.07) is 0. The van der Waals surface area contributed by atoms with Crippen LogP contribution in [-0.2, 0) is 0 Å². The van der Waals surface area contributed by atoms with Crippen molar-refractivity contribution in [2.45, 2.75) is 33.6 Å². The Kier molecular flexibility index (Phi) is 1.21. The Bertz CT molecular complexity index is 168. The molecule has 0 saturated heterocycles. The highest BCUT2D eigenvalue weighted by molar-refractivity contribution is 5.27. The maximum absolute atomic E-state index is 2.42. The molecule has 0 heterocycles. The lowest BCUT2D eigenvalue weighted by atomic mass is 9.94. The van der Waals surface area contributed by atoms with Crippen LogP contribution in [0.3, 0.4) is 0 Å². The molecule has 0 amide bonds. The molecular weight excluding hydrogens is 120 g/mol. The van der Waals surface area contributed by atoms with Gasteiger partial charge in [0.25, 0.3) is 0 Å². The summed E-state index contributed by atoms with van der Waals surface area (Å²) in [5, 5.41) is 0. The smallest absolute Gasteiger partial charge is 0.0172 e. The normalized spacial score (nSPS) is 45.3. The average molecular weight is 136 g/mol. The van der Waals surface area contributed by atoms with E-state index in [2.05, 4.69) is 20.8 Å². The van der Waals surface area contributed by atoms with Crippen molar-refractivity contribution in [3.05, 3.63) is 11.1 Å². The molecule has 2 rings (SSSR count). The van der Waals surface area contributed by atoms with Crippen LogP contribution >= 0.6 is 0 Å². The zero-order valence-corrected chi connectivity index (χ0v) is 7.15. The fraction of sp³-hybridized carbons (Fsp3) is 0.800. The van der Waals surface area contributed by atoms with Gasteiger partial charge in [0.15, 0.2) is 0 Å². The first-order valence-corrected chi connectivity index (χ1v) is 4.39. The molecule has 2 unspecified atom stereocenters. The lowest BCUT2D eigenvalue weighted by Crippen LogP contribution is -2.02. The number of hydrogen-bond donors (Lipinski definition) is 0. The van der Waals surface area contributed by atoms with Crippen LogP contribution in [0.5, 0.6) is 0 Å². The Balaban J connectivity index is 2.37. The molecule has 2 aliphatic carbocycles. The van der Waals surface area contributed by atoms with Gasteiger partial charge in [-0.15, -0.1) is 0 Å². The molecule has 1 saturated carbocycles. The summed E-state index contributed by atoms with van der Waals surface area (Å²) in [5.74, 6) is 2.90. The number of fused-ring (bicyclic) bond motifs is 2. The Morgan fingerprint density at radius 3 is 1.60 bits per heavy atom. The summed E-state index contributed by atoms with van der Waals surface area (Å²) >= 11 is 0. The van der Waals surface area contributed by atoms with Crippen LogP contribution < -0.4 is 0 Å². The quantitative estimate of drug-likeness (QED) is 0.449. The number of hydrogen-bond acceptors (Lipinski definition) is 0. The molecule has 1 fully saturated rings. The van der Waals surface area contributed by atoms with E-state index in [1.54, 1.807) is 11.1 Å². The van der Waals surface area contributed by atoms with Gasteiger partial charge in [-0.2, -0.15) is 0 Å². The fourth-order valence-electron chi connectivity index (χ4n) is 2.97. The highest BCUT2D eigenvalue weighted by Crippen LogP contribution is 2.51. The molecule has 10 heavy (non-hydrogen) atoms. The summed E-state index contributed by atoms with van der Waals surface area (Å²) in [6.07, 6.45) is 2.93. The minimum absolute atomic E-state index is 0.963. The van der Waals surface area contributed by atoms with Gasteiger partial charge in [-0.25, -0.2) is 0 Å². The third-order valence-electron chi connectivity index (χ3n) is 3.79. The van der Waals surface area contributed by atoms with Gasteiger partial charge in [0.1, 0.15) is 0 Å². The van der Waals surface area contributed by atoms with E-state index >= 15 is 0 Å². The second-order valence-electron chi connectivity index (χ2n) is 4.02. The minimum atomic E-state index is 0.963. The molecule has 0 aromatic carbocycles. The predicted molar refractivity (Wildman–Crippen MR) is 43.8 cm³/mol. The lowest BCUT2D eigenvalue weighted by Gasteiger charge is -2.12. The van der Waals surface area contributed by atoms with E-state index in [4.69, 9.17) is 0 Å². The van der Waals surface area contributed by atoms with Gasteiger partial charge in [-0.05, 0) is 44.4 Å². The fourth-order valence-corrected chi connectivity index (χ4v) is 2.97. The van der Waals surface area contributed by atoms with Crippen LogP contribution in [-0.4, -0.2) is 0 Å². The van der Waals surface area contributed by atoms with Crippen molar-refractivity contribution >= 4 is 0 Å². The van der Waals surface area contributed by atoms with Crippen molar-refractivity contribution in [2.75, 3.05) is 0 Å². The Hall–Kier alpha value is -0.260. The molecule has 56 valence electrons. The predicted octanol–water partition coefficient (Wildman–Crippen LogP) is 3.00. The standard InChI is InChI=1S/C10H16/c1-6-7(2)10-5-4-9(6)8(10)3/h8-10H,4-5H2,1-3H3. The van der Waals surface area contributed by atoms with Crippen LogP contribution in [0, 0.1) is 17.8 Å². The van der Waals surface area contributed by atoms with Crippen molar-refractivity contribution in [2.24, 2.45) is 17.8 Å². The SMILES string of the molecule is CC1=C(C)C2CCC1C2C. The number of rotatable bonds is 0. The third kappa shape index (κ3) is 0.574. The summed E-state index contributed by atoms with van der Waals surface area (Å²) in [5.41, 5.74) is 3.42. The molecule has 0 nitrogen and oxygen atoms in total. The largest absolute Gasteiger partial charge is 0.0707 e. The van der Waals surface area contributed by atoms with Crippen LogP contribution in [0.2, 0.25) is 0 Å². The van der Waals surface area contributed by atoms with E-state index in [-0.39, 0.29) is 0 Å². The lowest BCUT2D eigenvalue weighted by molar-refractivity contribution is 0.457. The zero-order chi connectivity index (χ0) is 7.30. The number of allylic oxidation sites excluding steroid dienone is 2. The monoisotopic (exact) mass is 136 g/mol. The Morgan fingerprint density at radius 2 is 1.40 bits per heavy atom. The highest BCUT2D eigenvalue weighted by Gasteiger charge is 2.41. The van der Waals surface area contributed by atoms with Gasteiger partial charge in [-0.1, -0.05) is 18.1 Å². The van der Waals surface area contributed by atoms with Crippen molar-refractivity contribution in [1.82, 2.24) is 0 Å². The molecule has 0 heteroatoms. The summed E-state index contributed by atoms with van der Waals surface area (Å²) in [4.78, 5) is 0. The van der Waals surface area contributed by atoms with Gasteiger partial charge in [0, 0.05) is 0 Å². The van der Waals surface area contributed by atoms with Gasteiger partial charge in [0.05, 0.1) is 0 Å². The summed E-state index contributed by atoms with van der Waals surface area (Å²) in [6.45, 7) is 7.08. The first-order valence-electron chi connectivity index (χ1n) is 4.39. The van der Waals surface area contributed by atoms with E-state index in [0.29, 0.717) is 0 Å². The Labute approximate surface area is 63.3 Å². The summed E-state index contributed by atoms with van der Waals surface area (Å²) in [7, 11) is 0. The van der Waals surface area contributed by atoms with Crippen molar-refractivity contribution < 1.29 is 0 Å². The van der Waals surface area contributed by atoms with Gasteiger partial charge >= 0.3 is 0 Å². The third-order valence-corrected chi connectivity index (χ3v) is 3.79. The van der Waals surface area contributed by atoms with E-state index < -0.39 is 0 Å². The maximum atomic E-state index is 2.42. The van der Waals surface area contributed by atoms with Crippen molar-refractivity contribution in [3.8, 4) is 0 Å². The molecule has 0 aliphatic heterocycles. The van der Waals surface area contributed by atoms with E-state index in [9.17, 15) is 0 Å². The first kappa shape index (κ1) is 6.45. The molecule has 2 aliphatic rings. The molecule has 0 aromatic heterocycles. The summed E-state index contributed by atoms with van der Waals surface area (Å²) < 4.78 is 0. The topological polar surface area (TPSA) is 0 Å². The molecule has 2 bridgehead atoms. The first-order chi connectivity index (χ1) is 4.72. The van der Waals surface area contributed by atoms with Crippen molar-refractivity contribution in [3.63, 3.8) is 0 Å². The molecular formula is C10H16. The van der Waals surface area contributed by atoms with Crippen molar-refractivity contribution in [1.29, 1.82) is 0 Å². The van der Waals surface area contributed by atoms with Crippen LogP contribution in [0.1, 0.15) is 33.6 Å². The van der Waals surface area contributed by atoms with E-state index in [1.807, 2.05) is 0 Å².